The van der Waals surface area contributed by atoms with E-state index in [2.05, 4.69) is 15.2 Å². The molecule has 0 bridgehead atoms. The number of hydrogen-bond donors (Lipinski definition) is 0. The van der Waals surface area contributed by atoms with Crippen LogP contribution in [0.25, 0.3) is 11.4 Å². The van der Waals surface area contributed by atoms with E-state index in [1.807, 2.05) is 41.1 Å². The molecule has 0 saturated carbocycles. The number of aromatic nitrogens is 4. The van der Waals surface area contributed by atoms with Gasteiger partial charge in [0, 0.05) is 24.6 Å². The van der Waals surface area contributed by atoms with E-state index in [4.69, 9.17) is 4.74 Å². The van der Waals surface area contributed by atoms with Gasteiger partial charge in [-0.2, -0.15) is 0 Å². The molecule has 170 valence electrons. The molecule has 0 unspecified atom stereocenters. The SMILES string of the molecule is CCn1c(SCc2csc(N(C(C)=O)c3ccccc3F)n2)nnc1-c1ccccc1OC. The molecule has 0 aliphatic heterocycles. The molecule has 0 aliphatic carbocycles. The van der Waals surface area contributed by atoms with Crippen LogP contribution in [-0.4, -0.2) is 32.8 Å². The lowest BCUT2D eigenvalue weighted by Gasteiger charge is -2.18. The molecule has 1 amide bonds. The smallest absolute Gasteiger partial charge is 0.230 e. The summed E-state index contributed by atoms with van der Waals surface area (Å²) in [6, 6.07) is 13.9. The predicted octanol–water partition coefficient (Wildman–Crippen LogP) is 5.55. The second-order valence-corrected chi connectivity index (χ2v) is 8.75. The van der Waals surface area contributed by atoms with Gasteiger partial charge in [0.2, 0.25) is 5.91 Å². The fourth-order valence-electron chi connectivity index (χ4n) is 3.35. The summed E-state index contributed by atoms with van der Waals surface area (Å²) in [4.78, 5) is 18.1. The van der Waals surface area contributed by atoms with Crippen molar-refractivity contribution in [3.8, 4) is 17.1 Å². The molecular weight excluding hydrogens is 461 g/mol. The molecule has 7 nitrogen and oxygen atoms in total. The molecule has 0 fully saturated rings. The third-order valence-electron chi connectivity index (χ3n) is 4.87. The number of methoxy groups -OCH3 is 1. The van der Waals surface area contributed by atoms with E-state index in [9.17, 15) is 9.18 Å². The van der Waals surface area contributed by atoms with E-state index >= 15 is 0 Å². The number of nitrogens with zero attached hydrogens (tertiary/aromatic N) is 5. The Kier molecular flexibility index (Phi) is 7.05. The lowest BCUT2D eigenvalue weighted by atomic mass is 10.2. The number of para-hydroxylation sites is 2. The van der Waals surface area contributed by atoms with Crippen molar-refractivity contribution in [3.05, 3.63) is 65.4 Å². The van der Waals surface area contributed by atoms with Crippen molar-refractivity contribution >= 4 is 39.8 Å². The summed E-state index contributed by atoms with van der Waals surface area (Å²) in [6.07, 6.45) is 0. The number of rotatable bonds is 8. The van der Waals surface area contributed by atoms with Gasteiger partial charge >= 0.3 is 0 Å². The third kappa shape index (κ3) is 4.76. The Hall–Kier alpha value is -3.24. The van der Waals surface area contributed by atoms with Crippen molar-refractivity contribution in [2.45, 2.75) is 31.3 Å². The molecule has 0 radical (unpaired) electrons. The Morgan fingerprint density at radius 1 is 1.18 bits per heavy atom. The van der Waals surface area contributed by atoms with Crippen LogP contribution in [0.3, 0.4) is 0 Å². The van der Waals surface area contributed by atoms with Gasteiger partial charge in [0.25, 0.3) is 0 Å². The van der Waals surface area contributed by atoms with Gasteiger partial charge in [0.15, 0.2) is 16.1 Å². The molecule has 2 aromatic heterocycles. The average molecular weight is 484 g/mol. The zero-order chi connectivity index (χ0) is 23.4. The quantitative estimate of drug-likeness (QED) is 0.306. The van der Waals surface area contributed by atoms with E-state index in [0.717, 1.165) is 28.0 Å². The summed E-state index contributed by atoms with van der Waals surface area (Å²) < 4.78 is 21.8. The average Bonchev–Trinajstić information content (AvgIpc) is 3.45. The van der Waals surface area contributed by atoms with Crippen LogP contribution >= 0.6 is 23.1 Å². The van der Waals surface area contributed by atoms with E-state index in [1.54, 1.807) is 25.3 Å². The first-order chi connectivity index (χ1) is 16.0. The Morgan fingerprint density at radius 3 is 2.67 bits per heavy atom. The molecule has 0 N–H and O–H groups in total. The van der Waals surface area contributed by atoms with Crippen LogP contribution in [0.15, 0.2) is 59.1 Å². The van der Waals surface area contributed by atoms with Crippen LogP contribution < -0.4 is 9.64 Å². The Bertz CT molecular complexity index is 1270. The number of thiazole rings is 1. The summed E-state index contributed by atoms with van der Waals surface area (Å²) in [5.41, 5.74) is 1.83. The molecule has 4 rings (SSSR count). The molecular formula is C23H22FN5O2S2. The number of thioether (sulfide) groups is 1. The molecule has 0 atom stereocenters. The predicted molar refractivity (Wildman–Crippen MR) is 129 cm³/mol. The van der Waals surface area contributed by atoms with E-state index in [0.29, 0.717) is 17.4 Å². The zero-order valence-electron chi connectivity index (χ0n) is 18.4. The summed E-state index contributed by atoms with van der Waals surface area (Å²) in [6.45, 7) is 4.12. The monoisotopic (exact) mass is 483 g/mol. The van der Waals surface area contributed by atoms with Crippen LogP contribution in [0.4, 0.5) is 15.2 Å². The standard InChI is InChI=1S/C23H22FN5O2S2/c1-4-28-21(17-9-5-8-12-20(17)31-3)26-27-23(28)33-14-16-13-32-22(25-16)29(15(2)30)19-11-7-6-10-18(19)24/h5-13H,4,14H2,1-3H3. The van der Waals surface area contributed by atoms with Gasteiger partial charge in [-0.15, -0.1) is 21.5 Å². The summed E-state index contributed by atoms with van der Waals surface area (Å²) in [7, 11) is 1.63. The van der Waals surface area contributed by atoms with Gasteiger partial charge in [-0.3, -0.25) is 9.69 Å². The lowest BCUT2D eigenvalue weighted by molar-refractivity contribution is -0.115. The molecule has 33 heavy (non-hydrogen) atoms. The first-order valence-corrected chi connectivity index (χ1v) is 12.1. The maximum absolute atomic E-state index is 14.3. The number of carbonyl (C=O) groups is 1. The first-order valence-electron chi connectivity index (χ1n) is 10.2. The van der Waals surface area contributed by atoms with E-state index in [1.165, 1.54) is 41.0 Å². The van der Waals surface area contributed by atoms with Crippen LogP contribution in [0.1, 0.15) is 19.5 Å². The van der Waals surface area contributed by atoms with Crippen molar-refractivity contribution in [1.82, 2.24) is 19.7 Å². The molecule has 2 heterocycles. The zero-order valence-corrected chi connectivity index (χ0v) is 20.0. The highest BCUT2D eigenvalue weighted by molar-refractivity contribution is 7.98. The number of hydrogen-bond acceptors (Lipinski definition) is 7. The fraction of sp³-hybridized carbons (Fsp3) is 0.217. The van der Waals surface area contributed by atoms with Gasteiger partial charge < -0.3 is 9.30 Å². The minimum absolute atomic E-state index is 0.186. The summed E-state index contributed by atoms with van der Waals surface area (Å²) in [5.74, 6) is 1.22. The van der Waals surface area contributed by atoms with Crippen molar-refractivity contribution in [2.75, 3.05) is 12.0 Å². The van der Waals surface area contributed by atoms with E-state index in [-0.39, 0.29) is 11.6 Å². The highest BCUT2D eigenvalue weighted by Crippen LogP contribution is 2.34. The molecule has 4 aromatic rings. The third-order valence-corrected chi connectivity index (χ3v) is 6.74. The van der Waals surface area contributed by atoms with E-state index < -0.39 is 5.82 Å². The summed E-state index contributed by atoms with van der Waals surface area (Å²) in [5, 5.41) is 11.8. The summed E-state index contributed by atoms with van der Waals surface area (Å²) >= 11 is 2.80. The maximum Gasteiger partial charge on any atom is 0.230 e. The lowest BCUT2D eigenvalue weighted by Crippen LogP contribution is -2.23. The van der Waals surface area contributed by atoms with Gasteiger partial charge in [-0.25, -0.2) is 9.37 Å². The second kappa shape index (κ2) is 10.1. The molecule has 0 aliphatic rings. The normalized spacial score (nSPS) is 10.9. The van der Waals surface area contributed by atoms with Crippen LogP contribution in [-0.2, 0) is 17.1 Å². The topological polar surface area (TPSA) is 73.1 Å². The fourth-order valence-corrected chi connectivity index (χ4v) is 5.23. The molecule has 0 saturated heterocycles. The Labute approximate surface area is 199 Å². The van der Waals surface area contributed by atoms with Gasteiger partial charge in [0.05, 0.1) is 24.1 Å². The van der Waals surface area contributed by atoms with Crippen molar-refractivity contribution in [2.24, 2.45) is 0 Å². The molecule has 0 spiro atoms. The number of anilines is 2. The molecule has 10 heteroatoms. The number of benzene rings is 2. The van der Waals surface area contributed by atoms with Gasteiger partial charge in [-0.1, -0.05) is 36.0 Å². The van der Waals surface area contributed by atoms with Crippen LogP contribution in [0.2, 0.25) is 0 Å². The minimum Gasteiger partial charge on any atom is -0.496 e. The Balaban J connectivity index is 1.55. The van der Waals surface area contributed by atoms with Crippen molar-refractivity contribution in [1.29, 1.82) is 0 Å². The van der Waals surface area contributed by atoms with Crippen LogP contribution in [0, 0.1) is 5.82 Å². The number of carbonyl (C=O) groups excluding carboxylic acids is 1. The maximum atomic E-state index is 14.3. The second-order valence-electron chi connectivity index (χ2n) is 6.97. The number of amides is 1. The van der Waals surface area contributed by atoms with Crippen molar-refractivity contribution in [3.63, 3.8) is 0 Å². The number of halogens is 1. The van der Waals surface area contributed by atoms with Crippen molar-refractivity contribution < 1.29 is 13.9 Å². The number of ether oxygens (including phenoxy) is 1. The highest BCUT2D eigenvalue weighted by atomic mass is 32.2. The Morgan fingerprint density at radius 2 is 1.94 bits per heavy atom. The minimum atomic E-state index is -0.473. The van der Waals surface area contributed by atoms with Gasteiger partial charge in [0.1, 0.15) is 11.6 Å². The highest BCUT2D eigenvalue weighted by Gasteiger charge is 2.21. The van der Waals surface area contributed by atoms with Crippen LogP contribution in [0.5, 0.6) is 5.75 Å². The van der Waals surface area contributed by atoms with Gasteiger partial charge in [-0.05, 0) is 31.2 Å². The largest absolute Gasteiger partial charge is 0.496 e. The molecule has 2 aromatic carbocycles. The first kappa shape index (κ1) is 22.9.